The van der Waals surface area contributed by atoms with Crippen LogP contribution in [0.5, 0.6) is 5.75 Å². The highest BCUT2D eigenvalue weighted by Crippen LogP contribution is 2.26. The number of cyclic esters (lactones) is 2. The van der Waals surface area contributed by atoms with Crippen LogP contribution in [0.1, 0.15) is 38.1 Å². The first kappa shape index (κ1) is 19.3. The van der Waals surface area contributed by atoms with Gasteiger partial charge in [-0.1, -0.05) is 0 Å². The zero-order valence-corrected chi connectivity index (χ0v) is 15.2. The molecule has 8 nitrogen and oxygen atoms in total. The van der Waals surface area contributed by atoms with Gasteiger partial charge in [-0.15, -0.1) is 0 Å². The number of benzene rings is 1. The Labute approximate surface area is 151 Å². The Morgan fingerprint density at radius 2 is 1.81 bits per heavy atom. The smallest absolute Gasteiger partial charge is 0.350 e. The zero-order chi connectivity index (χ0) is 19.5. The molecule has 140 valence electrons. The van der Waals surface area contributed by atoms with Crippen LogP contribution in [0, 0.1) is 0 Å². The largest absolute Gasteiger partial charge is 0.490 e. The number of hydrogen-bond acceptors (Lipinski definition) is 8. The van der Waals surface area contributed by atoms with Gasteiger partial charge in [0.25, 0.3) is 5.79 Å². The second-order valence-electron chi connectivity index (χ2n) is 6.25. The summed E-state index contributed by atoms with van der Waals surface area (Å²) >= 11 is 0. The molecule has 1 aromatic rings. The number of esters is 3. The van der Waals surface area contributed by atoms with E-state index in [9.17, 15) is 14.4 Å². The van der Waals surface area contributed by atoms with E-state index in [0.29, 0.717) is 11.4 Å². The van der Waals surface area contributed by atoms with Gasteiger partial charge in [-0.2, -0.15) is 0 Å². The summed E-state index contributed by atoms with van der Waals surface area (Å²) in [6.45, 7) is 6.59. The van der Waals surface area contributed by atoms with E-state index in [1.807, 2.05) is 13.8 Å². The van der Waals surface area contributed by atoms with Crippen LogP contribution >= 0.6 is 0 Å². The van der Waals surface area contributed by atoms with Crippen LogP contribution < -0.4 is 10.1 Å². The fourth-order valence-corrected chi connectivity index (χ4v) is 2.18. The quantitative estimate of drug-likeness (QED) is 0.483. The number of hydrogen-bond donors (Lipinski definition) is 1. The van der Waals surface area contributed by atoms with Crippen molar-refractivity contribution in [3.63, 3.8) is 0 Å². The summed E-state index contributed by atoms with van der Waals surface area (Å²) in [6, 6.07) is 4.71. The predicted octanol–water partition coefficient (Wildman–Crippen LogP) is 2.39. The fraction of sp³-hybridized carbons (Fsp3) is 0.389. The van der Waals surface area contributed by atoms with Gasteiger partial charge in [-0.3, -0.25) is 0 Å². The van der Waals surface area contributed by atoms with Crippen molar-refractivity contribution < 1.29 is 33.3 Å². The van der Waals surface area contributed by atoms with Crippen molar-refractivity contribution in [2.45, 2.75) is 39.6 Å². The molecule has 26 heavy (non-hydrogen) atoms. The third-order valence-electron chi connectivity index (χ3n) is 3.25. The molecular formula is C18H21NO7. The molecule has 0 aromatic heterocycles. The van der Waals surface area contributed by atoms with Crippen LogP contribution in [0.25, 0.3) is 0 Å². The molecule has 1 heterocycles. The number of methoxy groups -OCH3 is 1. The van der Waals surface area contributed by atoms with Crippen molar-refractivity contribution >= 4 is 23.6 Å². The highest BCUT2D eigenvalue weighted by atomic mass is 16.7. The SMILES string of the molecule is COC(=O)c1cc(NC=C2C(=O)OC(C)(C)OC2=O)ccc1OC(C)C. The van der Waals surface area contributed by atoms with E-state index in [1.54, 1.807) is 12.1 Å². The van der Waals surface area contributed by atoms with Gasteiger partial charge < -0.3 is 24.3 Å². The number of rotatable bonds is 5. The minimum Gasteiger partial charge on any atom is -0.490 e. The lowest BCUT2D eigenvalue weighted by atomic mass is 10.1. The monoisotopic (exact) mass is 363 g/mol. The van der Waals surface area contributed by atoms with E-state index in [1.165, 1.54) is 33.2 Å². The summed E-state index contributed by atoms with van der Waals surface area (Å²) in [5.41, 5.74) is 0.366. The summed E-state index contributed by atoms with van der Waals surface area (Å²) in [6.07, 6.45) is 1.04. The van der Waals surface area contributed by atoms with Crippen LogP contribution in [0.4, 0.5) is 5.69 Å². The molecule has 8 heteroatoms. The molecule has 2 rings (SSSR count). The summed E-state index contributed by atoms with van der Waals surface area (Å²) in [5, 5.41) is 2.78. The van der Waals surface area contributed by atoms with Gasteiger partial charge >= 0.3 is 17.9 Å². The Kier molecular flexibility index (Phi) is 5.54. The lowest BCUT2D eigenvalue weighted by Crippen LogP contribution is -2.42. The summed E-state index contributed by atoms with van der Waals surface area (Å²) in [7, 11) is 1.26. The van der Waals surface area contributed by atoms with Gasteiger partial charge in [-0.05, 0) is 32.0 Å². The van der Waals surface area contributed by atoms with Crippen LogP contribution in [-0.2, 0) is 23.8 Å². The lowest BCUT2D eigenvalue weighted by Gasteiger charge is -2.29. The summed E-state index contributed by atoms with van der Waals surface area (Å²) in [4.78, 5) is 35.8. The Bertz CT molecular complexity index is 743. The molecule has 1 aromatic carbocycles. The minimum absolute atomic E-state index is 0.130. The maximum Gasteiger partial charge on any atom is 0.350 e. The van der Waals surface area contributed by atoms with Gasteiger partial charge in [0.15, 0.2) is 5.57 Å². The van der Waals surface area contributed by atoms with Crippen LogP contribution in [0.15, 0.2) is 30.0 Å². The van der Waals surface area contributed by atoms with Crippen molar-refractivity contribution in [1.82, 2.24) is 0 Å². The number of anilines is 1. The molecule has 0 saturated carbocycles. The average molecular weight is 363 g/mol. The molecule has 0 radical (unpaired) electrons. The van der Waals surface area contributed by atoms with Crippen LogP contribution in [0.2, 0.25) is 0 Å². The molecule has 0 aliphatic carbocycles. The van der Waals surface area contributed by atoms with Crippen molar-refractivity contribution in [2.24, 2.45) is 0 Å². The van der Waals surface area contributed by atoms with Crippen molar-refractivity contribution in [2.75, 3.05) is 12.4 Å². The van der Waals surface area contributed by atoms with E-state index in [-0.39, 0.29) is 17.2 Å². The second-order valence-corrected chi connectivity index (χ2v) is 6.25. The number of nitrogens with one attached hydrogen (secondary N) is 1. The summed E-state index contributed by atoms with van der Waals surface area (Å²) < 4.78 is 20.3. The molecule has 1 aliphatic heterocycles. The summed E-state index contributed by atoms with van der Waals surface area (Å²) in [5.74, 6) is -3.11. The third kappa shape index (κ3) is 4.53. The molecule has 0 unspecified atom stereocenters. The number of ether oxygens (including phenoxy) is 4. The molecule has 1 N–H and O–H groups in total. The molecule has 0 atom stereocenters. The number of carbonyl (C=O) groups is 3. The van der Waals surface area contributed by atoms with Gasteiger partial charge in [-0.25, -0.2) is 14.4 Å². The van der Waals surface area contributed by atoms with Gasteiger partial charge in [0.1, 0.15) is 11.3 Å². The van der Waals surface area contributed by atoms with E-state index in [0.717, 1.165) is 0 Å². The van der Waals surface area contributed by atoms with Gasteiger partial charge in [0.2, 0.25) is 0 Å². The Morgan fingerprint density at radius 1 is 1.19 bits per heavy atom. The first-order valence-electron chi connectivity index (χ1n) is 7.95. The maximum atomic E-state index is 12.0. The van der Waals surface area contributed by atoms with Crippen molar-refractivity contribution in [3.8, 4) is 5.75 Å². The van der Waals surface area contributed by atoms with Crippen molar-refractivity contribution in [3.05, 3.63) is 35.5 Å². The van der Waals surface area contributed by atoms with E-state index in [2.05, 4.69) is 5.32 Å². The van der Waals surface area contributed by atoms with Gasteiger partial charge in [0, 0.05) is 25.7 Å². The fourth-order valence-electron chi connectivity index (χ4n) is 2.18. The molecular weight excluding hydrogens is 342 g/mol. The standard InChI is InChI=1S/C18H21NO7/c1-10(2)24-14-7-6-11(8-12(14)15(20)23-5)19-9-13-16(21)25-18(3,4)26-17(13)22/h6-10,19H,1-5H3. The highest BCUT2D eigenvalue weighted by molar-refractivity contribution is 6.15. The van der Waals surface area contributed by atoms with E-state index < -0.39 is 23.7 Å². The Balaban J connectivity index is 2.26. The molecule has 1 fully saturated rings. The predicted molar refractivity (Wildman–Crippen MR) is 91.5 cm³/mol. The molecule has 1 saturated heterocycles. The Morgan fingerprint density at radius 3 is 2.35 bits per heavy atom. The lowest BCUT2D eigenvalue weighted by molar-refractivity contribution is -0.222. The molecule has 0 amide bonds. The van der Waals surface area contributed by atoms with Gasteiger partial charge in [0.05, 0.1) is 13.2 Å². The Hall–Kier alpha value is -3.03. The van der Waals surface area contributed by atoms with Crippen LogP contribution in [-0.4, -0.2) is 36.9 Å². The number of carbonyl (C=O) groups excluding carboxylic acids is 3. The first-order chi connectivity index (χ1) is 12.1. The van der Waals surface area contributed by atoms with Crippen LogP contribution in [0.3, 0.4) is 0 Å². The third-order valence-corrected chi connectivity index (χ3v) is 3.25. The topological polar surface area (TPSA) is 100 Å². The van der Waals surface area contributed by atoms with E-state index in [4.69, 9.17) is 18.9 Å². The highest BCUT2D eigenvalue weighted by Gasteiger charge is 2.38. The first-order valence-corrected chi connectivity index (χ1v) is 7.95. The second kappa shape index (κ2) is 7.47. The average Bonchev–Trinajstić information content (AvgIpc) is 2.52. The van der Waals surface area contributed by atoms with Crippen molar-refractivity contribution in [1.29, 1.82) is 0 Å². The van der Waals surface area contributed by atoms with E-state index >= 15 is 0 Å². The minimum atomic E-state index is -1.31. The molecule has 0 bridgehead atoms. The zero-order valence-electron chi connectivity index (χ0n) is 15.2. The molecule has 1 aliphatic rings. The molecule has 0 spiro atoms. The maximum absolute atomic E-state index is 12.0. The normalized spacial score (nSPS) is 15.8.